The largest absolute Gasteiger partial charge is 0.465 e. The Hall–Kier alpha value is -4.06. The molecule has 5 rings (SSSR count). The minimum atomic E-state index is -0.237. The van der Waals surface area contributed by atoms with Crippen molar-refractivity contribution in [3.63, 3.8) is 0 Å². The van der Waals surface area contributed by atoms with Gasteiger partial charge in [-0.2, -0.15) is 0 Å². The molecular weight excluding hydrogens is 414 g/mol. The molecule has 1 aromatic heterocycles. The first-order valence-corrected chi connectivity index (χ1v) is 11.1. The van der Waals surface area contributed by atoms with Gasteiger partial charge in [0.25, 0.3) is 0 Å². The van der Waals surface area contributed by atoms with Gasteiger partial charge in [0.1, 0.15) is 18.3 Å². The number of para-hydroxylation sites is 2. The van der Waals surface area contributed by atoms with Crippen molar-refractivity contribution in [1.29, 1.82) is 5.41 Å². The normalized spacial score (nSPS) is 15.3. The van der Waals surface area contributed by atoms with Crippen LogP contribution in [0.1, 0.15) is 24.8 Å². The number of rotatable bonds is 7. The van der Waals surface area contributed by atoms with Gasteiger partial charge in [-0.15, -0.1) is 0 Å². The van der Waals surface area contributed by atoms with Crippen LogP contribution in [0, 0.1) is 5.41 Å². The molecule has 0 unspecified atom stereocenters. The van der Waals surface area contributed by atoms with E-state index >= 15 is 0 Å². The molecule has 1 aliphatic carbocycles. The van der Waals surface area contributed by atoms with Gasteiger partial charge in [-0.05, 0) is 30.5 Å². The number of ketones is 1. The van der Waals surface area contributed by atoms with Crippen LogP contribution in [-0.4, -0.2) is 14.9 Å². The Kier molecular flexibility index (Phi) is 5.81. The highest BCUT2D eigenvalue weighted by molar-refractivity contribution is 5.94. The van der Waals surface area contributed by atoms with E-state index in [4.69, 9.17) is 14.9 Å². The number of Topliss-reactive ketones (excluding diaryl/α,β-unsaturated/α-hetero) is 1. The van der Waals surface area contributed by atoms with Gasteiger partial charge in [-0.3, -0.25) is 10.2 Å². The molecule has 6 nitrogen and oxygen atoms in total. The lowest BCUT2D eigenvalue weighted by molar-refractivity contribution is -0.119. The summed E-state index contributed by atoms with van der Waals surface area (Å²) in [6, 6.07) is 17.8. The van der Waals surface area contributed by atoms with E-state index in [1.54, 1.807) is 10.8 Å². The quantitative estimate of drug-likeness (QED) is 0.567. The van der Waals surface area contributed by atoms with Crippen LogP contribution < -0.4 is 5.62 Å². The Morgan fingerprint density at radius 2 is 1.73 bits per heavy atom. The predicted molar refractivity (Wildman–Crippen MR) is 126 cm³/mol. The average Bonchev–Trinajstić information content (AvgIpc) is 3.11. The lowest BCUT2D eigenvalue weighted by atomic mass is 10.0. The Bertz CT molecular complexity index is 1370. The second kappa shape index (κ2) is 9.20. The second-order valence-corrected chi connectivity index (χ2v) is 8.17. The van der Waals surface area contributed by atoms with Crippen molar-refractivity contribution in [2.75, 3.05) is 0 Å². The van der Waals surface area contributed by atoms with Gasteiger partial charge in [0.05, 0.1) is 24.1 Å². The third kappa shape index (κ3) is 4.46. The molecule has 0 saturated heterocycles. The van der Waals surface area contributed by atoms with Crippen LogP contribution in [0.3, 0.4) is 0 Å². The summed E-state index contributed by atoms with van der Waals surface area (Å²) in [5.41, 5.74) is 4.35. The van der Waals surface area contributed by atoms with Crippen LogP contribution in [0.5, 0.6) is 0 Å². The van der Waals surface area contributed by atoms with Gasteiger partial charge in [0.15, 0.2) is 0 Å². The highest BCUT2D eigenvalue weighted by Gasteiger charge is 2.21. The molecule has 1 N–H and O–H groups in total. The van der Waals surface area contributed by atoms with E-state index in [0.29, 0.717) is 18.7 Å². The summed E-state index contributed by atoms with van der Waals surface area (Å²) in [6.45, 7) is 0.551. The number of carbonyl (C=O) groups is 1. The smallest absolute Gasteiger partial charge is 0.220 e. The van der Waals surface area contributed by atoms with Gasteiger partial charge in [-0.1, -0.05) is 66.3 Å². The van der Waals surface area contributed by atoms with E-state index < -0.39 is 0 Å². The van der Waals surface area contributed by atoms with Crippen molar-refractivity contribution in [3.05, 3.63) is 114 Å². The molecule has 0 radical (unpaired) electrons. The zero-order chi connectivity index (χ0) is 22.6. The summed E-state index contributed by atoms with van der Waals surface area (Å²) in [6.07, 6.45) is 11.7. The monoisotopic (exact) mass is 439 g/mol. The fraction of sp³-hybridized carbons (Fsp3) is 0.185. The summed E-state index contributed by atoms with van der Waals surface area (Å²) in [5.74, 6) is 0.537. The maximum Gasteiger partial charge on any atom is 0.220 e. The minimum Gasteiger partial charge on any atom is -0.465 e. The van der Waals surface area contributed by atoms with Crippen LogP contribution in [-0.2, 0) is 27.4 Å². The summed E-state index contributed by atoms with van der Waals surface area (Å²) in [7, 11) is 0. The van der Waals surface area contributed by atoms with Gasteiger partial charge in [0.2, 0.25) is 17.2 Å². The van der Waals surface area contributed by atoms with Crippen molar-refractivity contribution in [2.24, 2.45) is 0 Å². The number of fused-ring (bicyclic) bond motifs is 1. The maximum absolute atomic E-state index is 13.1. The fourth-order valence-electron chi connectivity index (χ4n) is 4.19. The van der Waals surface area contributed by atoms with Crippen LogP contribution in [0.15, 0.2) is 102 Å². The van der Waals surface area contributed by atoms with Crippen LogP contribution in [0.2, 0.25) is 0 Å². The highest BCUT2D eigenvalue weighted by atomic mass is 16.5. The van der Waals surface area contributed by atoms with Crippen molar-refractivity contribution in [2.45, 2.75) is 32.4 Å². The van der Waals surface area contributed by atoms with Gasteiger partial charge in [-0.25, -0.2) is 0 Å². The SMILES string of the molecule is N=c1n(CC(=O)C2=COC=C(CC3=CC=CCC3)O2)c2ccccc2n1Cc1ccccc1. The van der Waals surface area contributed by atoms with E-state index in [0.717, 1.165) is 29.4 Å². The molecule has 166 valence electrons. The molecule has 2 aliphatic rings. The summed E-state index contributed by atoms with van der Waals surface area (Å²) < 4.78 is 14.9. The number of nitrogens with zero attached hydrogens (tertiary/aromatic N) is 2. The topological polar surface area (TPSA) is 69.2 Å². The third-order valence-corrected chi connectivity index (χ3v) is 5.85. The van der Waals surface area contributed by atoms with Crippen LogP contribution in [0.25, 0.3) is 11.0 Å². The summed E-state index contributed by atoms with van der Waals surface area (Å²) in [5, 5.41) is 8.80. The molecule has 0 fully saturated rings. The molecule has 2 heterocycles. The number of carbonyl (C=O) groups excluding carboxylic acids is 1. The van der Waals surface area contributed by atoms with Crippen molar-refractivity contribution >= 4 is 16.8 Å². The summed E-state index contributed by atoms with van der Waals surface area (Å²) in [4.78, 5) is 13.1. The Morgan fingerprint density at radius 1 is 0.970 bits per heavy atom. The molecule has 33 heavy (non-hydrogen) atoms. The lowest BCUT2D eigenvalue weighted by Crippen LogP contribution is -2.28. The number of imidazole rings is 1. The fourth-order valence-corrected chi connectivity index (χ4v) is 4.19. The molecule has 6 heteroatoms. The van der Waals surface area contributed by atoms with Gasteiger partial charge in [0, 0.05) is 6.42 Å². The van der Waals surface area contributed by atoms with Crippen molar-refractivity contribution < 1.29 is 14.3 Å². The minimum absolute atomic E-state index is 0.00492. The Morgan fingerprint density at radius 3 is 2.48 bits per heavy atom. The first-order valence-electron chi connectivity index (χ1n) is 11.1. The number of benzene rings is 2. The number of ether oxygens (including phenoxy) is 2. The molecule has 0 atom stereocenters. The standard InChI is InChI=1S/C27H25N3O3/c28-27-29(16-21-11-5-2-6-12-21)23-13-7-8-14-24(23)30(27)17-25(31)26-19-32-18-22(33-26)15-20-9-3-1-4-10-20/h1-3,5-9,11-14,18-19,28H,4,10,15-17H2. The van der Waals surface area contributed by atoms with E-state index in [1.807, 2.05) is 65.2 Å². The Balaban J connectivity index is 1.37. The van der Waals surface area contributed by atoms with E-state index in [9.17, 15) is 4.79 Å². The second-order valence-electron chi connectivity index (χ2n) is 8.17. The van der Waals surface area contributed by atoms with Crippen molar-refractivity contribution in [1.82, 2.24) is 9.13 Å². The first-order chi connectivity index (χ1) is 16.2. The maximum atomic E-state index is 13.1. The van der Waals surface area contributed by atoms with E-state index in [-0.39, 0.29) is 23.7 Å². The van der Waals surface area contributed by atoms with E-state index in [2.05, 4.69) is 12.2 Å². The number of hydrogen-bond acceptors (Lipinski definition) is 4. The Labute approximate surface area is 191 Å². The first kappa shape index (κ1) is 20.8. The zero-order valence-electron chi connectivity index (χ0n) is 18.2. The predicted octanol–water partition coefficient (Wildman–Crippen LogP) is 4.94. The molecule has 0 amide bonds. The summed E-state index contributed by atoms with van der Waals surface area (Å²) >= 11 is 0. The number of aromatic nitrogens is 2. The molecule has 0 spiro atoms. The number of allylic oxidation sites excluding steroid dienone is 5. The van der Waals surface area contributed by atoms with E-state index in [1.165, 1.54) is 11.8 Å². The molecule has 1 aliphatic heterocycles. The molecule has 3 aromatic rings. The van der Waals surface area contributed by atoms with Crippen LogP contribution in [0.4, 0.5) is 0 Å². The average molecular weight is 440 g/mol. The van der Waals surface area contributed by atoms with Gasteiger partial charge < -0.3 is 18.6 Å². The molecule has 0 bridgehead atoms. The highest BCUT2D eigenvalue weighted by Crippen LogP contribution is 2.25. The van der Waals surface area contributed by atoms with Gasteiger partial charge >= 0.3 is 0 Å². The molecular formula is C27H25N3O3. The molecule has 2 aromatic carbocycles. The van der Waals surface area contributed by atoms with Crippen LogP contribution >= 0.6 is 0 Å². The number of nitrogens with one attached hydrogen (secondary N) is 1. The molecule has 0 saturated carbocycles. The van der Waals surface area contributed by atoms with Crippen molar-refractivity contribution in [3.8, 4) is 0 Å². The third-order valence-electron chi connectivity index (χ3n) is 5.85. The zero-order valence-corrected chi connectivity index (χ0v) is 18.2. The number of hydrogen-bond donors (Lipinski definition) is 1. The lowest BCUT2D eigenvalue weighted by Gasteiger charge is -2.18.